The molecule has 0 unspecified atom stereocenters. The minimum Gasteiger partial charge on any atom is -0.497 e. The Bertz CT molecular complexity index is 839. The van der Waals surface area contributed by atoms with E-state index >= 15 is 0 Å². The van der Waals surface area contributed by atoms with Crippen molar-refractivity contribution in [2.45, 2.75) is 6.92 Å². The Kier molecular flexibility index (Phi) is 6.14. The number of hydrogen-bond donors (Lipinski definition) is 1. The van der Waals surface area contributed by atoms with Gasteiger partial charge in [-0.05, 0) is 48.9 Å². The third-order valence-electron chi connectivity index (χ3n) is 4.79. The summed E-state index contributed by atoms with van der Waals surface area (Å²) in [5, 5.41) is 3.36. The molecule has 2 aromatic rings. The number of ether oxygens (including phenoxy) is 2. The third kappa shape index (κ3) is 4.31. The van der Waals surface area contributed by atoms with Gasteiger partial charge < -0.3 is 19.7 Å². The van der Waals surface area contributed by atoms with E-state index < -0.39 is 0 Å². The molecule has 142 valence electrons. The highest BCUT2D eigenvalue weighted by Gasteiger charge is 2.19. The molecule has 3 rings (SSSR count). The lowest BCUT2D eigenvalue weighted by molar-refractivity contribution is 0.104. The van der Waals surface area contributed by atoms with E-state index in [2.05, 4.69) is 23.2 Å². The van der Waals surface area contributed by atoms with Gasteiger partial charge in [0.25, 0.3) is 0 Å². The SMILES string of the molecule is COc1ccc(OC)c(C=CC(=O)c2cccc(C)c2N2CCNCC2)c1. The van der Waals surface area contributed by atoms with E-state index in [1.165, 1.54) is 0 Å². The normalized spacial score (nSPS) is 14.4. The molecule has 0 aliphatic carbocycles. The van der Waals surface area contributed by atoms with Gasteiger partial charge >= 0.3 is 0 Å². The maximum atomic E-state index is 13.0. The minimum atomic E-state index is -0.0166. The number of carbonyl (C=O) groups excluding carboxylic acids is 1. The molecule has 1 N–H and O–H groups in total. The number of carbonyl (C=O) groups is 1. The molecule has 0 amide bonds. The van der Waals surface area contributed by atoms with Gasteiger partial charge in [-0.1, -0.05) is 12.1 Å². The Morgan fingerprint density at radius 3 is 2.59 bits per heavy atom. The third-order valence-corrected chi connectivity index (χ3v) is 4.79. The number of piperazine rings is 1. The highest BCUT2D eigenvalue weighted by atomic mass is 16.5. The molecule has 1 aliphatic heterocycles. The smallest absolute Gasteiger partial charge is 0.187 e. The zero-order valence-corrected chi connectivity index (χ0v) is 16.1. The molecule has 0 radical (unpaired) electrons. The monoisotopic (exact) mass is 366 g/mol. The van der Waals surface area contributed by atoms with Crippen molar-refractivity contribution in [3.63, 3.8) is 0 Å². The predicted octanol–water partition coefficient (Wildman–Crippen LogP) is 3.32. The summed E-state index contributed by atoms with van der Waals surface area (Å²) < 4.78 is 10.7. The van der Waals surface area contributed by atoms with Crippen molar-refractivity contribution >= 4 is 17.5 Å². The molecule has 0 bridgehead atoms. The number of aryl methyl sites for hydroxylation is 1. The van der Waals surface area contributed by atoms with Gasteiger partial charge in [0.1, 0.15) is 11.5 Å². The van der Waals surface area contributed by atoms with E-state index in [0.717, 1.165) is 54.3 Å². The fourth-order valence-electron chi connectivity index (χ4n) is 3.39. The van der Waals surface area contributed by atoms with Crippen molar-refractivity contribution in [3.8, 4) is 11.5 Å². The van der Waals surface area contributed by atoms with Crippen LogP contribution in [0.3, 0.4) is 0 Å². The molecule has 1 aliphatic rings. The van der Waals surface area contributed by atoms with Gasteiger partial charge in [0, 0.05) is 37.3 Å². The van der Waals surface area contributed by atoms with Crippen LogP contribution in [-0.4, -0.2) is 46.2 Å². The van der Waals surface area contributed by atoms with Crippen molar-refractivity contribution in [3.05, 3.63) is 59.2 Å². The molecule has 1 fully saturated rings. The quantitative estimate of drug-likeness (QED) is 0.628. The Balaban J connectivity index is 1.91. The first-order valence-electron chi connectivity index (χ1n) is 9.13. The fraction of sp³-hybridized carbons (Fsp3) is 0.318. The van der Waals surface area contributed by atoms with Crippen LogP contribution in [0.2, 0.25) is 0 Å². The zero-order valence-electron chi connectivity index (χ0n) is 16.1. The number of hydrogen-bond acceptors (Lipinski definition) is 5. The van der Waals surface area contributed by atoms with Gasteiger partial charge in [-0.3, -0.25) is 4.79 Å². The summed E-state index contributed by atoms with van der Waals surface area (Å²) in [6, 6.07) is 11.4. The van der Waals surface area contributed by atoms with Crippen LogP contribution in [0.5, 0.6) is 11.5 Å². The molecule has 2 aromatic carbocycles. The second-order valence-electron chi connectivity index (χ2n) is 6.51. The summed E-state index contributed by atoms with van der Waals surface area (Å²) in [5.41, 5.74) is 3.69. The second-order valence-corrected chi connectivity index (χ2v) is 6.51. The molecule has 0 atom stereocenters. The number of para-hydroxylation sites is 1. The molecular weight excluding hydrogens is 340 g/mol. The van der Waals surface area contributed by atoms with E-state index in [-0.39, 0.29) is 5.78 Å². The maximum absolute atomic E-state index is 13.0. The number of nitrogens with one attached hydrogen (secondary N) is 1. The summed E-state index contributed by atoms with van der Waals surface area (Å²) in [6.07, 6.45) is 3.39. The molecule has 0 spiro atoms. The van der Waals surface area contributed by atoms with Crippen LogP contribution >= 0.6 is 0 Å². The van der Waals surface area contributed by atoms with Gasteiger partial charge in [0.05, 0.1) is 19.9 Å². The Morgan fingerprint density at radius 2 is 1.89 bits per heavy atom. The first-order valence-corrected chi connectivity index (χ1v) is 9.13. The summed E-state index contributed by atoms with van der Waals surface area (Å²) in [7, 11) is 3.23. The van der Waals surface area contributed by atoms with Crippen molar-refractivity contribution in [2.75, 3.05) is 45.3 Å². The minimum absolute atomic E-state index is 0.0166. The van der Waals surface area contributed by atoms with E-state index in [1.54, 1.807) is 26.4 Å². The van der Waals surface area contributed by atoms with Crippen molar-refractivity contribution in [2.24, 2.45) is 0 Å². The molecule has 5 heteroatoms. The lowest BCUT2D eigenvalue weighted by Crippen LogP contribution is -2.44. The van der Waals surface area contributed by atoms with Crippen molar-refractivity contribution in [1.29, 1.82) is 0 Å². The lowest BCUT2D eigenvalue weighted by Gasteiger charge is -2.32. The van der Waals surface area contributed by atoms with Crippen LogP contribution < -0.4 is 19.7 Å². The Morgan fingerprint density at radius 1 is 1.11 bits per heavy atom. The molecule has 0 saturated carbocycles. The van der Waals surface area contributed by atoms with Crippen LogP contribution in [0.15, 0.2) is 42.5 Å². The molecule has 27 heavy (non-hydrogen) atoms. The maximum Gasteiger partial charge on any atom is 0.187 e. The molecule has 0 aromatic heterocycles. The standard InChI is InChI=1S/C22H26N2O3/c1-16-5-4-6-19(22(16)24-13-11-23-12-14-24)20(25)9-7-17-15-18(26-2)8-10-21(17)27-3/h4-10,15,23H,11-14H2,1-3H3. The number of methoxy groups -OCH3 is 2. The summed E-state index contributed by atoms with van der Waals surface area (Å²) in [4.78, 5) is 15.3. The topological polar surface area (TPSA) is 50.8 Å². The second kappa shape index (κ2) is 8.73. The van der Waals surface area contributed by atoms with E-state index in [9.17, 15) is 4.79 Å². The summed E-state index contributed by atoms with van der Waals surface area (Å²) in [6.45, 7) is 5.72. The number of benzene rings is 2. The van der Waals surface area contributed by atoms with E-state index in [1.807, 2.05) is 30.3 Å². The predicted molar refractivity (Wildman–Crippen MR) is 109 cm³/mol. The van der Waals surface area contributed by atoms with Crippen LogP contribution in [0.4, 0.5) is 5.69 Å². The molecular formula is C22H26N2O3. The van der Waals surface area contributed by atoms with Crippen LogP contribution in [0.1, 0.15) is 21.5 Å². The number of allylic oxidation sites excluding steroid dienone is 1. The lowest BCUT2D eigenvalue weighted by atomic mass is 10.0. The van der Waals surface area contributed by atoms with Crippen LogP contribution in [0, 0.1) is 6.92 Å². The van der Waals surface area contributed by atoms with Gasteiger partial charge in [-0.25, -0.2) is 0 Å². The Labute approximate surface area is 160 Å². The average molecular weight is 366 g/mol. The zero-order chi connectivity index (χ0) is 19.2. The van der Waals surface area contributed by atoms with Gasteiger partial charge in [0.2, 0.25) is 0 Å². The van der Waals surface area contributed by atoms with Gasteiger partial charge in [-0.2, -0.15) is 0 Å². The van der Waals surface area contributed by atoms with Gasteiger partial charge in [0.15, 0.2) is 5.78 Å². The molecule has 1 saturated heterocycles. The number of ketones is 1. The first kappa shape index (κ1) is 19.0. The summed E-state index contributed by atoms with van der Waals surface area (Å²) >= 11 is 0. The highest BCUT2D eigenvalue weighted by molar-refractivity contribution is 6.11. The Hall–Kier alpha value is -2.79. The van der Waals surface area contributed by atoms with Crippen LogP contribution in [0.25, 0.3) is 6.08 Å². The van der Waals surface area contributed by atoms with Crippen LogP contribution in [-0.2, 0) is 0 Å². The van der Waals surface area contributed by atoms with Gasteiger partial charge in [-0.15, -0.1) is 0 Å². The fourth-order valence-corrected chi connectivity index (χ4v) is 3.39. The highest BCUT2D eigenvalue weighted by Crippen LogP contribution is 2.28. The average Bonchev–Trinajstić information content (AvgIpc) is 2.72. The largest absolute Gasteiger partial charge is 0.497 e. The van der Waals surface area contributed by atoms with Crippen molar-refractivity contribution in [1.82, 2.24) is 5.32 Å². The molecule has 1 heterocycles. The number of anilines is 1. The van der Waals surface area contributed by atoms with Crippen molar-refractivity contribution < 1.29 is 14.3 Å². The van der Waals surface area contributed by atoms with E-state index in [0.29, 0.717) is 5.75 Å². The first-order chi connectivity index (χ1) is 13.1. The summed E-state index contributed by atoms with van der Waals surface area (Å²) in [5.74, 6) is 1.41. The molecule has 5 nitrogen and oxygen atoms in total. The number of rotatable bonds is 6. The number of nitrogens with zero attached hydrogens (tertiary/aromatic N) is 1. The van der Waals surface area contributed by atoms with E-state index in [4.69, 9.17) is 9.47 Å².